The SMILES string of the molecule is C[C@@H](c1ccccc1)N1[C@@H](C(=O)O)C[C@H]1C(=O)O. The summed E-state index contributed by atoms with van der Waals surface area (Å²) in [6.07, 6.45) is 0.168. The third-order valence-electron chi connectivity index (χ3n) is 3.47. The molecule has 2 rings (SSSR count). The lowest BCUT2D eigenvalue weighted by Crippen LogP contribution is -2.62. The third-order valence-corrected chi connectivity index (χ3v) is 3.47. The van der Waals surface area contributed by atoms with Crippen molar-refractivity contribution in [2.24, 2.45) is 0 Å². The Bertz CT molecular complexity index is 439. The number of aliphatic carboxylic acids is 2. The van der Waals surface area contributed by atoms with Crippen molar-refractivity contribution >= 4 is 11.9 Å². The molecule has 18 heavy (non-hydrogen) atoms. The molecule has 0 bridgehead atoms. The molecule has 1 aliphatic heterocycles. The van der Waals surface area contributed by atoms with Gasteiger partial charge in [-0.3, -0.25) is 14.5 Å². The Kier molecular flexibility index (Phi) is 3.34. The normalized spacial score (nSPS) is 25.2. The topological polar surface area (TPSA) is 77.8 Å². The van der Waals surface area contributed by atoms with Crippen LogP contribution < -0.4 is 0 Å². The molecule has 96 valence electrons. The van der Waals surface area contributed by atoms with E-state index >= 15 is 0 Å². The Hall–Kier alpha value is -1.88. The van der Waals surface area contributed by atoms with E-state index in [1.807, 2.05) is 37.3 Å². The van der Waals surface area contributed by atoms with Gasteiger partial charge in [-0.05, 0) is 18.9 Å². The summed E-state index contributed by atoms with van der Waals surface area (Å²) in [5.41, 5.74) is 0.926. The minimum Gasteiger partial charge on any atom is -0.480 e. The lowest BCUT2D eigenvalue weighted by molar-refractivity contribution is -0.167. The number of hydrogen-bond donors (Lipinski definition) is 2. The summed E-state index contributed by atoms with van der Waals surface area (Å²) in [5.74, 6) is -1.93. The van der Waals surface area contributed by atoms with E-state index in [9.17, 15) is 9.59 Å². The van der Waals surface area contributed by atoms with Crippen LogP contribution in [0.15, 0.2) is 30.3 Å². The van der Waals surface area contributed by atoms with Crippen LogP contribution in [0.3, 0.4) is 0 Å². The molecule has 1 aromatic rings. The maximum Gasteiger partial charge on any atom is 0.321 e. The van der Waals surface area contributed by atoms with Crippen LogP contribution in [0.5, 0.6) is 0 Å². The maximum absolute atomic E-state index is 11.1. The number of carboxylic acid groups (broad SMARTS) is 2. The minimum absolute atomic E-state index is 0.168. The molecular formula is C13H15NO4. The zero-order chi connectivity index (χ0) is 13.3. The standard InChI is InChI=1S/C13H15NO4/c1-8(9-5-3-2-4-6-9)14-10(12(15)16)7-11(14)13(17)18/h2-6,8,10-11H,7H2,1H3,(H,15,16)(H,17,18)/t8-,10-,11+/m0/s1. The van der Waals surface area contributed by atoms with Gasteiger partial charge < -0.3 is 10.2 Å². The van der Waals surface area contributed by atoms with Crippen LogP contribution >= 0.6 is 0 Å². The quantitative estimate of drug-likeness (QED) is 0.842. The van der Waals surface area contributed by atoms with Crippen molar-refractivity contribution in [3.8, 4) is 0 Å². The summed E-state index contributed by atoms with van der Waals surface area (Å²) in [7, 11) is 0. The predicted molar refractivity (Wildman–Crippen MR) is 64.2 cm³/mol. The molecule has 1 aliphatic rings. The van der Waals surface area contributed by atoms with E-state index in [2.05, 4.69) is 0 Å². The van der Waals surface area contributed by atoms with Gasteiger partial charge in [0.2, 0.25) is 0 Å². The van der Waals surface area contributed by atoms with Gasteiger partial charge >= 0.3 is 11.9 Å². The molecule has 1 fully saturated rings. The minimum atomic E-state index is -0.963. The van der Waals surface area contributed by atoms with Gasteiger partial charge in [-0.25, -0.2) is 0 Å². The van der Waals surface area contributed by atoms with Crippen molar-refractivity contribution in [3.05, 3.63) is 35.9 Å². The number of carboxylic acids is 2. The zero-order valence-corrected chi connectivity index (χ0v) is 9.98. The number of likely N-dealkylation sites (tertiary alicyclic amines) is 1. The number of hydrogen-bond acceptors (Lipinski definition) is 3. The highest BCUT2D eigenvalue weighted by atomic mass is 16.4. The average molecular weight is 249 g/mol. The second-order valence-corrected chi connectivity index (χ2v) is 4.48. The third kappa shape index (κ3) is 2.09. The molecule has 0 saturated carbocycles. The summed E-state index contributed by atoms with van der Waals surface area (Å²) in [6.45, 7) is 1.83. The van der Waals surface area contributed by atoms with Crippen LogP contribution in [-0.4, -0.2) is 39.1 Å². The fraction of sp³-hybridized carbons (Fsp3) is 0.385. The molecule has 0 amide bonds. The second kappa shape index (κ2) is 4.78. The smallest absolute Gasteiger partial charge is 0.321 e. The first-order valence-corrected chi connectivity index (χ1v) is 5.80. The van der Waals surface area contributed by atoms with Gasteiger partial charge in [0.25, 0.3) is 0 Å². The maximum atomic E-state index is 11.1. The van der Waals surface area contributed by atoms with Crippen molar-refractivity contribution in [3.63, 3.8) is 0 Å². The van der Waals surface area contributed by atoms with Gasteiger partial charge in [-0.1, -0.05) is 30.3 Å². The van der Waals surface area contributed by atoms with Crippen molar-refractivity contribution in [2.45, 2.75) is 31.5 Å². The first kappa shape index (κ1) is 12.6. The summed E-state index contributed by atoms with van der Waals surface area (Å²) in [4.78, 5) is 23.7. The molecule has 0 spiro atoms. The largest absolute Gasteiger partial charge is 0.480 e. The Morgan fingerprint density at radius 1 is 1.17 bits per heavy atom. The second-order valence-electron chi connectivity index (χ2n) is 4.48. The molecule has 3 atom stereocenters. The number of nitrogens with zero attached hydrogens (tertiary/aromatic N) is 1. The molecule has 0 aromatic heterocycles. The highest BCUT2D eigenvalue weighted by molar-refractivity contribution is 5.82. The van der Waals surface area contributed by atoms with E-state index < -0.39 is 24.0 Å². The summed E-state index contributed by atoms with van der Waals surface area (Å²) < 4.78 is 0. The lowest BCUT2D eigenvalue weighted by Gasteiger charge is -2.47. The van der Waals surface area contributed by atoms with Crippen LogP contribution in [0.2, 0.25) is 0 Å². The average Bonchev–Trinajstić information content (AvgIpc) is 2.27. The first-order valence-electron chi connectivity index (χ1n) is 5.80. The van der Waals surface area contributed by atoms with Crippen molar-refractivity contribution in [2.75, 3.05) is 0 Å². The van der Waals surface area contributed by atoms with Gasteiger partial charge in [0.15, 0.2) is 0 Å². The summed E-state index contributed by atoms with van der Waals surface area (Å²) in [6, 6.07) is 7.70. The van der Waals surface area contributed by atoms with Crippen molar-refractivity contribution < 1.29 is 19.8 Å². The number of benzene rings is 1. The fourth-order valence-electron chi connectivity index (χ4n) is 2.43. The lowest BCUT2D eigenvalue weighted by atomic mass is 9.88. The Morgan fingerprint density at radius 2 is 1.67 bits per heavy atom. The van der Waals surface area contributed by atoms with E-state index in [1.165, 1.54) is 0 Å². The molecule has 0 aliphatic carbocycles. The summed E-state index contributed by atoms with van der Waals surface area (Å²) in [5, 5.41) is 18.1. The highest BCUT2D eigenvalue weighted by Gasteiger charge is 2.49. The summed E-state index contributed by atoms with van der Waals surface area (Å²) >= 11 is 0. The van der Waals surface area contributed by atoms with Gasteiger partial charge in [0.05, 0.1) is 0 Å². The van der Waals surface area contributed by atoms with Gasteiger partial charge in [-0.2, -0.15) is 0 Å². The van der Waals surface area contributed by atoms with Crippen LogP contribution in [-0.2, 0) is 9.59 Å². The Balaban J connectivity index is 2.22. The van der Waals surface area contributed by atoms with Crippen LogP contribution in [0.4, 0.5) is 0 Å². The highest BCUT2D eigenvalue weighted by Crippen LogP contribution is 2.35. The van der Waals surface area contributed by atoms with Gasteiger partial charge in [-0.15, -0.1) is 0 Å². The van der Waals surface area contributed by atoms with E-state index in [4.69, 9.17) is 10.2 Å². The zero-order valence-electron chi connectivity index (χ0n) is 9.98. The molecular weight excluding hydrogens is 234 g/mol. The molecule has 1 heterocycles. The molecule has 2 N–H and O–H groups in total. The van der Waals surface area contributed by atoms with Gasteiger partial charge in [0, 0.05) is 6.04 Å². The fourth-order valence-corrected chi connectivity index (χ4v) is 2.43. The van der Waals surface area contributed by atoms with E-state index in [0.717, 1.165) is 5.56 Å². The van der Waals surface area contributed by atoms with Crippen LogP contribution in [0.25, 0.3) is 0 Å². The molecule has 1 aromatic carbocycles. The molecule has 5 heteroatoms. The van der Waals surface area contributed by atoms with E-state index in [-0.39, 0.29) is 12.5 Å². The molecule has 0 unspecified atom stereocenters. The first-order chi connectivity index (χ1) is 8.52. The molecule has 0 radical (unpaired) electrons. The van der Waals surface area contributed by atoms with Gasteiger partial charge in [0.1, 0.15) is 12.1 Å². The molecule has 1 saturated heterocycles. The Morgan fingerprint density at radius 3 is 2.11 bits per heavy atom. The van der Waals surface area contributed by atoms with E-state index in [0.29, 0.717) is 0 Å². The Labute approximate surface area is 105 Å². The van der Waals surface area contributed by atoms with Crippen molar-refractivity contribution in [1.29, 1.82) is 0 Å². The number of rotatable bonds is 4. The predicted octanol–water partition coefficient (Wildman–Crippen LogP) is 1.36. The monoisotopic (exact) mass is 249 g/mol. The molecule has 5 nitrogen and oxygen atoms in total. The van der Waals surface area contributed by atoms with E-state index in [1.54, 1.807) is 4.90 Å². The van der Waals surface area contributed by atoms with Crippen molar-refractivity contribution in [1.82, 2.24) is 4.90 Å². The van der Waals surface area contributed by atoms with Crippen LogP contribution in [0, 0.1) is 0 Å². The number of carbonyl (C=O) groups is 2. The van der Waals surface area contributed by atoms with Crippen LogP contribution in [0.1, 0.15) is 24.9 Å².